The van der Waals surface area contributed by atoms with Crippen molar-refractivity contribution in [3.63, 3.8) is 0 Å². The van der Waals surface area contributed by atoms with E-state index in [1.165, 1.54) is 11.8 Å². The topological polar surface area (TPSA) is 97.1 Å². The Labute approximate surface area is 179 Å². The smallest absolute Gasteiger partial charge is 0.256 e. The summed E-state index contributed by atoms with van der Waals surface area (Å²) in [6.07, 6.45) is 0.307. The highest BCUT2D eigenvalue weighted by molar-refractivity contribution is 7.98. The van der Waals surface area contributed by atoms with E-state index in [1.807, 2.05) is 44.2 Å². The molecule has 30 heavy (non-hydrogen) atoms. The number of aromatic nitrogens is 2. The molecule has 7 nitrogen and oxygen atoms in total. The quantitative estimate of drug-likeness (QED) is 0.531. The zero-order valence-corrected chi connectivity index (χ0v) is 18.0. The maximum Gasteiger partial charge on any atom is 0.256 e. The van der Waals surface area contributed by atoms with Gasteiger partial charge in [0.25, 0.3) is 5.91 Å². The van der Waals surface area contributed by atoms with E-state index in [1.54, 1.807) is 25.1 Å². The van der Waals surface area contributed by atoms with E-state index in [2.05, 4.69) is 20.8 Å². The van der Waals surface area contributed by atoms with Crippen LogP contribution in [0.5, 0.6) is 0 Å². The summed E-state index contributed by atoms with van der Waals surface area (Å²) in [5, 5.41) is 9.55. The highest BCUT2D eigenvalue weighted by Gasteiger charge is 2.13. The van der Waals surface area contributed by atoms with E-state index < -0.39 is 0 Å². The molecular formula is C22H24N4O3S. The Morgan fingerprint density at radius 1 is 1.10 bits per heavy atom. The lowest BCUT2D eigenvalue weighted by molar-refractivity contribution is -0.120. The third-order valence-corrected chi connectivity index (χ3v) is 5.14. The number of amides is 2. The molecule has 0 aliphatic carbocycles. The van der Waals surface area contributed by atoms with Crippen LogP contribution in [-0.2, 0) is 17.0 Å². The van der Waals surface area contributed by atoms with Crippen molar-refractivity contribution in [2.75, 3.05) is 5.32 Å². The molecule has 156 valence electrons. The first-order valence-electron chi connectivity index (χ1n) is 9.61. The van der Waals surface area contributed by atoms with Gasteiger partial charge >= 0.3 is 0 Å². The predicted molar refractivity (Wildman–Crippen MR) is 116 cm³/mol. The largest absolute Gasteiger partial charge is 0.354 e. The number of anilines is 1. The van der Waals surface area contributed by atoms with Crippen molar-refractivity contribution in [2.45, 2.75) is 43.9 Å². The van der Waals surface area contributed by atoms with E-state index in [-0.39, 0.29) is 17.9 Å². The number of rotatable bonds is 8. The van der Waals surface area contributed by atoms with E-state index in [0.717, 1.165) is 10.5 Å². The van der Waals surface area contributed by atoms with Crippen molar-refractivity contribution in [3.8, 4) is 0 Å². The van der Waals surface area contributed by atoms with Gasteiger partial charge in [0.2, 0.25) is 11.8 Å². The van der Waals surface area contributed by atoms with Gasteiger partial charge in [-0.15, -0.1) is 11.8 Å². The summed E-state index contributed by atoms with van der Waals surface area (Å²) in [4.78, 5) is 29.7. The lowest BCUT2D eigenvalue weighted by Gasteiger charge is -2.11. The van der Waals surface area contributed by atoms with Crippen LogP contribution >= 0.6 is 11.8 Å². The molecule has 0 fully saturated rings. The molecule has 0 saturated heterocycles. The number of hydrogen-bond acceptors (Lipinski definition) is 6. The lowest BCUT2D eigenvalue weighted by Crippen LogP contribution is -2.31. The number of thioether (sulfide) groups is 1. The van der Waals surface area contributed by atoms with Crippen molar-refractivity contribution >= 4 is 29.3 Å². The molecule has 3 rings (SSSR count). The molecule has 2 amide bonds. The van der Waals surface area contributed by atoms with Crippen molar-refractivity contribution in [2.24, 2.45) is 0 Å². The van der Waals surface area contributed by atoms with Gasteiger partial charge in [-0.3, -0.25) is 9.59 Å². The summed E-state index contributed by atoms with van der Waals surface area (Å²) in [6.45, 7) is 5.62. The van der Waals surface area contributed by atoms with Crippen molar-refractivity contribution in [1.82, 2.24) is 15.5 Å². The molecule has 0 aliphatic rings. The molecular weight excluding hydrogens is 400 g/mol. The fraction of sp³-hybridized carbons (Fsp3) is 0.273. The van der Waals surface area contributed by atoms with Gasteiger partial charge in [0.1, 0.15) is 0 Å². The number of carbonyl (C=O) groups is 2. The summed E-state index contributed by atoms with van der Waals surface area (Å²) >= 11 is 1.46. The second-order valence-electron chi connectivity index (χ2n) is 7.07. The lowest BCUT2D eigenvalue weighted by atomic mass is 10.1. The fourth-order valence-corrected chi connectivity index (χ4v) is 3.67. The van der Waals surface area contributed by atoms with Crippen molar-refractivity contribution in [3.05, 3.63) is 71.4 Å². The minimum Gasteiger partial charge on any atom is -0.354 e. The Kier molecular flexibility index (Phi) is 7.24. The summed E-state index contributed by atoms with van der Waals surface area (Å²) in [5.74, 6) is 1.36. The second kappa shape index (κ2) is 10.1. The van der Waals surface area contributed by atoms with Gasteiger partial charge in [0.05, 0.1) is 17.7 Å². The van der Waals surface area contributed by atoms with Crippen LogP contribution in [0.2, 0.25) is 0 Å². The second-order valence-corrected chi connectivity index (χ2v) is 8.09. The maximum absolute atomic E-state index is 12.8. The van der Waals surface area contributed by atoms with E-state index in [0.29, 0.717) is 35.1 Å². The van der Waals surface area contributed by atoms with Gasteiger partial charge in [-0.1, -0.05) is 29.4 Å². The summed E-state index contributed by atoms with van der Waals surface area (Å²) in [6, 6.07) is 14.8. The number of hydrogen-bond donors (Lipinski definition) is 2. The predicted octanol–water partition coefficient (Wildman–Crippen LogP) is 3.99. The molecule has 2 aromatic carbocycles. The first kappa shape index (κ1) is 21.6. The van der Waals surface area contributed by atoms with Crippen LogP contribution in [-0.4, -0.2) is 28.0 Å². The van der Waals surface area contributed by atoms with E-state index in [4.69, 9.17) is 4.52 Å². The Balaban J connectivity index is 1.62. The zero-order valence-electron chi connectivity index (χ0n) is 17.1. The Bertz CT molecular complexity index is 1020. The Morgan fingerprint density at radius 2 is 1.83 bits per heavy atom. The fourth-order valence-electron chi connectivity index (χ4n) is 2.78. The van der Waals surface area contributed by atoms with Gasteiger partial charge in [0.15, 0.2) is 5.82 Å². The van der Waals surface area contributed by atoms with Crippen molar-refractivity contribution in [1.29, 1.82) is 0 Å². The van der Waals surface area contributed by atoms with Crippen LogP contribution in [0.1, 0.15) is 41.5 Å². The number of aryl methyl sites for hydroxylation is 1. The monoisotopic (exact) mass is 424 g/mol. The van der Waals surface area contributed by atoms with Crippen LogP contribution in [0.4, 0.5) is 5.69 Å². The molecule has 1 heterocycles. The maximum atomic E-state index is 12.8. The van der Waals surface area contributed by atoms with Crippen LogP contribution in [0.25, 0.3) is 0 Å². The normalized spacial score (nSPS) is 10.8. The third-order valence-electron chi connectivity index (χ3n) is 4.08. The van der Waals surface area contributed by atoms with Crippen molar-refractivity contribution < 1.29 is 14.1 Å². The third kappa shape index (κ3) is 6.18. The van der Waals surface area contributed by atoms with Gasteiger partial charge in [-0.25, -0.2) is 0 Å². The highest BCUT2D eigenvalue weighted by Crippen LogP contribution is 2.26. The number of benzene rings is 2. The summed E-state index contributed by atoms with van der Waals surface area (Å²) in [7, 11) is 0. The average Bonchev–Trinajstić information content (AvgIpc) is 3.12. The highest BCUT2D eigenvalue weighted by atomic mass is 32.2. The molecule has 0 atom stereocenters. The van der Waals surface area contributed by atoms with Gasteiger partial charge in [-0.2, -0.15) is 4.98 Å². The van der Waals surface area contributed by atoms with Crippen LogP contribution in [0.3, 0.4) is 0 Å². The van der Waals surface area contributed by atoms with Gasteiger partial charge in [0, 0.05) is 16.6 Å². The van der Waals surface area contributed by atoms with Crippen LogP contribution in [0.15, 0.2) is 57.9 Å². The minimum atomic E-state index is -0.204. The molecule has 2 N–H and O–H groups in total. The molecule has 0 unspecified atom stereocenters. The van der Waals surface area contributed by atoms with E-state index in [9.17, 15) is 9.59 Å². The average molecular weight is 425 g/mol. The molecule has 0 aliphatic heterocycles. The van der Waals surface area contributed by atoms with Gasteiger partial charge < -0.3 is 15.2 Å². The Hall–Kier alpha value is -3.13. The first-order valence-corrected chi connectivity index (χ1v) is 10.6. The minimum absolute atomic E-state index is 0.0239. The number of nitrogens with zero attached hydrogens (tertiary/aromatic N) is 2. The first-order chi connectivity index (χ1) is 14.4. The number of carbonyl (C=O) groups excluding carboxylic acids is 2. The number of nitrogens with one attached hydrogen (secondary N) is 2. The van der Waals surface area contributed by atoms with Gasteiger partial charge in [-0.05, 0) is 50.6 Å². The molecule has 0 radical (unpaired) electrons. The summed E-state index contributed by atoms with van der Waals surface area (Å²) in [5.41, 5.74) is 2.12. The SMILES string of the molecule is Cc1noc(CSc2ccccc2C(=O)Nc2ccc(CC(=O)NC(C)C)cc2)n1. The Morgan fingerprint density at radius 3 is 2.50 bits per heavy atom. The van der Waals surface area contributed by atoms with Crippen LogP contribution < -0.4 is 10.6 Å². The van der Waals surface area contributed by atoms with Crippen LogP contribution in [0, 0.1) is 6.92 Å². The molecule has 0 spiro atoms. The standard InChI is InChI=1S/C22H24N4O3S/c1-14(2)23-20(27)12-16-8-10-17(11-9-16)25-22(28)18-6-4-5-7-19(18)30-13-21-24-15(3)26-29-21/h4-11,14H,12-13H2,1-3H3,(H,23,27)(H,25,28). The van der Waals surface area contributed by atoms with E-state index >= 15 is 0 Å². The molecule has 1 aromatic heterocycles. The summed E-state index contributed by atoms with van der Waals surface area (Å²) < 4.78 is 5.13. The molecule has 0 bridgehead atoms. The zero-order chi connectivity index (χ0) is 21.5. The molecule has 8 heteroatoms. The molecule has 3 aromatic rings. The molecule has 0 saturated carbocycles.